The van der Waals surface area contributed by atoms with Crippen molar-refractivity contribution in [3.63, 3.8) is 0 Å². The van der Waals surface area contributed by atoms with Crippen molar-refractivity contribution in [1.82, 2.24) is 30.1 Å². The second-order valence-electron chi connectivity index (χ2n) is 6.54. The van der Waals surface area contributed by atoms with Gasteiger partial charge in [0.15, 0.2) is 5.82 Å². The van der Waals surface area contributed by atoms with Crippen LogP contribution in [0.4, 0.5) is 0 Å². The normalized spacial score (nSPS) is 18.6. The van der Waals surface area contributed by atoms with Crippen LogP contribution in [0.15, 0.2) is 34.9 Å². The molecule has 25 heavy (non-hydrogen) atoms. The molecule has 1 fully saturated rings. The first-order valence-electron chi connectivity index (χ1n) is 8.50. The van der Waals surface area contributed by atoms with Crippen molar-refractivity contribution in [2.45, 2.75) is 19.9 Å². The van der Waals surface area contributed by atoms with Crippen LogP contribution in [0.1, 0.15) is 23.3 Å². The minimum Gasteiger partial charge on any atom is -0.334 e. The summed E-state index contributed by atoms with van der Waals surface area (Å²) in [5.41, 5.74) is 4.05. The molecule has 3 heterocycles. The maximum Gasteiger partial charge on any atom is 0.257 e. The van der Waals surface area contributed by atoms with Gasteiger partial charge in [-0.15, -0.1) is 0 Å². The number of rotatable bonds is 3. The Hall–Kier alpha value is -2.51. The minimum atomic E-state index is 0.153. The van der Waals surface area contributed by atoms with E-state index in [4.69, 9.17) is 4.52 Å². The SMILES string of the molecule is Cc1cc(C)n(-c2ccc(-c3nc(C4CNCCN4C)no3)cc2)n1. The predicted octanol–water partition coefficient (Wildman–Crippen LogP) is 2.12. The lowest BCUT2D eigenvalue weighted by atomic mass is 10.2. The fraction of sp³-hybridized carbons (Fsp3) is 0.389. The Morgan fingerprint density at radius 3 is 2.68 bits per heavy atom. The third-order valence-corrected chi connectivity index (χ3v) is 4.62. The highest BCUT2D eigenvalue weighted by atomic mass is 16.5. The molecule has 0 bridgehead atoms. The summed E-state index contributed by atoms with van der Waals surface area (Å²) in [6.45, 7) is 6.85. The topological polar surface area (TPSA) is 72.0 Å². The zero-order chi connectivity index (χ0) is 17.4. The van der Waals surface area contributed by atoms with Gasteiger partial charge >= 0.3 is 0 Å². The number of nitrogens with zero attached hydrogens (tertiary/aromatic N) is 5. The standard InChI is InChI=1S/C18H22N6O/c1-12-10-13(2)24(21-12)15-6-4-14(5-7-15)18-20-17(22-25-18)16-11-19-8-9-23(16)3/h4-7,10,16,19H,8-9,11H2,1-3H3. The highest BCUT2D eigenvalue weighted by Gasteiger charge is 2.25. The lowest BCUT2D eigenvalue weighted by Gasteiger charge is -2.30. The highest BCUT2D eigenvalue weighted by Crippen LogP contribution is 2.24. The van der Waals surface area contributed by atoms with Gasteiger partial charge in [0.05, 0.1) is 17.4 Å². The first-order chi connectivity index (χ1) is 12.1. The van der Waals surface area contributed by atoms with Crippen molar-refractivity contribution < 1.29 is 4.52 Å². The largest absolute Gasteiger partial charge is 0.334 e. The highest BCUT2D eigenvalue weighted by molar-refractivity contribution is 5.55. The van der Waals surface area contributed by atoms with Crippen molar-refractivity contribution >= 4 is 0 Å². The van der Waals surface area contributed by atoms with Gasteiger partial charge in [-0.3, -0.25) is 4.90 Å². The van der Waals surface area contributed by atoms with E-state index < -0.39 is 0 Å². The molecule has 1 aliphatic rings. The smallest absolute Gasteiger partial charge is 0.257 e. The Bertz CT molecular complexity index is 866. The van der Waals surface area contributed by atoms with Crippen molar-refractivity contribution in [3.05, 3.63) is 47.5 Å². The van der Waals surface area contributed by atoms with E-state index in [0.717, 1.165) is 48.1 Å². The van der Waals surface area contributed by atoms with E-state index in [2.05, 4.69) is 38.6 Å². The molecule has 0 aliphatic carbocycles. The zero-order valence-electron chi connectivity index (χ0n) is 14.7. The molecule has 1 aromatic carbocycles. The van der Waals surface area contributed by atoms with E-state index >= 15 is 0 Å². The van der Waals surface area contributed by atoms with Gasteiger partial charge in [0.25, 0.3) is 5.89 Å². The molecule has 1 saturated heterocycles. The summed E-state index contributed by atoms with van der Waals surface area (Å²) in [5.74, 6) is 1.28. The minimum absolute atomic E-state index is 0.153. The average molecular weight is 338 g/mol. The van der Waals surface area contributed by atoms with Crippen molar-refractivity contribution in [3.8, 4) is 17.1 Å². The van der Waals surface area contributed by atoms with E-state index in [9.17, 15) is 0 Å². The maximum absolute atomic E-state index is 5.49. The molecular formula is C18H22N6O. The van der Waals surface area contributed by atoms with Crippen LogP contribution in [-0.4, -0.2) is 51.5 Å². The lowest BCUT2D eigenvalue weighted by Crippen LogP contribution is -2.44. The van der Waals surface area contributed by atoms with Crippen LogP contribution in [0.2, 0.25) is 0 Å². The Morgan fingerprint density at radius 1 is 1.20 bits per heavy atom. The number of aromatic nitrogens is 4. The summed E-state index contributed by atoms with van der Waals surface area (Å²) in [4.78, 5) is 6.84. The Kier molecular flexibility index (Phi) is 4.10. The van der Waals surface area contributed by atoms with Gasteiger partial charge in [0.1, 0.15) is 0 Å². The summed E-state index contributed by atoms with van der Waals surface area (Å²) >= 11 is 0. The molecule has 7 nitrogen and oxygen atoms in total. The van der Waals surface area contributed by atoms with E-state index in [-0.39, 0.29) is 6.04 Å². The molecule has 0 amide bonds. The molecule has 0 saturated carbocycles. The van der Waals surface area contributed by atoms with Gasteiger partial charge in [0, 0.05) is 30.9 Å². The summed E-state index contributed by atoms with van der Waals surface area (Å²) in [6, 6.07) is 10.2. The van der Waals surface area contributed by atoms with Crippen LogP contribution in [0.3, 0.4) is 0 Å². The predicted molar refractivity (Wildman–Crippen MR) is 94.6 cm³/mol. The van der Waals surface area contributed by atoms with E-state index in [1.165, 1.54) is 0 Å². The molecular weight excluding hydrogens is 316 g/mol. The van der Waals surface area contributed by atoms with E-state index in [1.54, 1.807) is 0 Å². The fourth-order valence-corrected chi connectivity index (χ4v) is 3.22. The first kappa shape index (κ1) is 16.0. The Balaban J connectivity index is 1.57. The Labute approximate surface area is 146 Å². The average Bonchev–Trinajstić information content (AvgIpc) is 3.22. The van der Waals surface area contributed by atoms with Gasteiger partial charge < -0.3 is 9.84 Å². The monoisotopic (exact) mass is 338 g/mol. The van der Waals surface area contributed by atoms with Crippen LogP contribution in [0.5, 0.6) is 0 Å². The fourth-order valence-electron chi connectivity index (χ4n) is 3.22. The number of benzene rings is 1. The van der Waals surface area contributed by atoms with Crippen molar-refractivity contribution in [1.29, 1.82) is 0 Å². The number of piperazine rings is 1. The van der Waals surface area contributed by atoms with Gasteiger partial charge in [0.2, 0.25) is 0 Å². The summed E-state index contributed by atoms with van der Waals surface area (Å²) < 4.78 is 7.42. The Morgan fingerprint density at radius 2 is 2.00 bits per heavy atom. The van der Waals surface area contributed by atoms with Crippen molar-refractivity contribution in [2.24, 2.45) is 0 Å². The number of hydrogen-bond donors (Lipinski definition) is 1. The third kappa shape index (κ3) is 3.08. The number of hydrogen-bond acceptors (Lipinski definition) is 6. The zero-order valence-corrected chi connectivity index (χ0v) is 14.7. The molecule has 4 rings (SSSR count). The first-order valence-corrected chi connectivity index (χ1v) is 8.50. The quantitative estimate of drug-likeness (QED) is 0.789. The second kappa shape index (κ2) is 6.42. The molecule has 1 aliphatic heterocycles. The second-order valence-corrected chi connectivity index (χ2v) is 6.54. The van der Waals surface area contributed by atoms with E-state index in [0.29, 0.717) is 5.89 Å². The summed E-state index contributed by atoms with van der Waals surface area (Å²) in [6.07, 6.45) is 0. The van der Waals surface area contributed by atoms with Crippen molar-refractivity contribution in [2.75, 3.05) is 26.7 Å². The number of aryl methyl sites for hydroxylation is 2. The molecule has 7 heteroatoms. The maximum atomic E-state index is 5.49. The van der Waals surface area contributed by atoms with Crippen LogP contribution < -0.4 is 5.32 Å². The third-order valence-electron chi connectivity index (χ3n) is 4.62. The van der Waals surface area contributed by atoms with Gasteiger partial charge in [-0.05, 0) is 51.2 Å². The summed E-state index contributed by atoms with van der Waals surface area (Å²) in [7, 11) is 2.09. The molecule has 0 radical (unpaired) electrons. The van der Waals surface area contributed by atoms with Gasteiger partial charge in [-0.1, -0.05) is 5.16 Å². The summed E-state index contributed by atoms with van der Waals surface area (Å²) in [5, 5.41) is 12.1. The van der Waals surface area contributed by atoms with Gasteiger partial charge in [-0.25, -0.2) is 4.68 Å². The molecule has 3 aromatic rings. The van der Waals surface area contributed by atoms with Crippen LogP contribution >= 0.6 is 0 Å². The van der Waals surface area contributed by atoms with Crippen LogP contribution in [-0.2, 0) is 0 Å². The van der Waals surface area contributed by atoms with Crippen LogP contribution in [0.25, 0.3) is 17.1 Å². The molecule has 1 atom stereocenters. The molecule has 2 aromatic heterocycles. The molecule has 130 valence electrons. The number of nitrogens with one attached hydrogen (secondary N) is 1. The number of likely N-dealkylation sites (N-methyl/N-ethyl adjacent to an activating group) is 1. The molecule has 1 N–H and O–H groups in total. The van der Waals surface area contributed by atoms with Gasteiger partial charge in [-0.2, -0.15) is 10.1 Å². The molecule has 1 unspecified atom stereocenters. The lowest BCUT2D eigenvalue weighted by molar-refractivity contribution is 0.190. The van der Waals surface area contributed by atoms with Crippen LogP contribution in [0, 0.1) is 13.8 Å². The molecule has 0 spiro atoms. The van der Waals surface area contributed by atoms with E-state index in [1.807, 2.05) is 42.8 Å².